The Morgan fingerprint density at radius 2 is 1.82 bits per heavy atom. The molecule has 1 heterocycles. The summed E-state index contributed by atoms with van der Waals surface area (Å²) < 4.78 is 1.14. The Balaban J connectivity index is 1.69. The quantitative estimate of drug-likeness (QED) is 0.713. The van der Waals surface area contributed by atoms with Crippen molar-refractivity contribution in [1.82, 2.24) is 5.32 Å². The van der Waals surface area contributed by atoms with Crippen molar-refractivity contribution in [3.8, 4) is 11.8 Å². The number of hydrogen-bond donors (Lipinski definition) is 1. The molecule has 0 aliphatic rings. The van der Waals surface area contributed by atoms with Crippen LogP contribution in [0.15, 0.2) is 54.6 Å². The van der Waals surface area contributed by atoms with Crippen LogP contribution < -0.4 is 5.32 Å². The minimum Gasteiger partial charge on any atom is -0.340 e. The monoisotopic (exact) mass is 305 g/mol. The Bertz CT molecular complexity index is 869. The Labute approximate surface area is 133 Å². The molecule has 0 atom stereocenters. The Morgan fingerprint density at radius 1 is 1.09 bits per heavy atom. The number of hydrogen-bond acceptors (Lipinski definition) is 2. The van der Waals surface area contributed by atoms with Gasteiger partial charge in [-0.1, -0.05) is 48.2 Å². The van der Waals surface area contributed by atoms with Crippen molar-refractivity contribution in [1.29, 1.82) is 0 Å². The summed E-state index contributed by atoms with van der Waals surface area (Å²) in [5, 5.41) is 4.02. The van der Waals surface area contributed by atoms with Crippen LogP contribution in [0.2, 0.25) is 0 Å². The van der Waals surface area contributed by atoms with Crippen LogP contribution in [0.4, 0.5) is 0 Å². The SMILES string of the molecule is Cc1c(C(=O)NCC#Cc2ccccc2)sc2ccccc12. The van der Waals surface area contributed by atoms with Gasteiger partial charge in [0.15, 0.2) is 0 Å². The van der Waals surface area contributed by atoms with Crippen LogP contribution in [-0.4, -0.2) is 12.5 Å². The number of carbonyl (C=O) groups is 1. The molecule has 3 heteroatoms. The van der Waals surface area contributed by atoms with Gasteiger partial charge < -0.3 is 5.32 Å². The first-order valence-electron chi connectivity index (χ1n) is 7.06. The third-order valence-electron chi connectivity index (χ3n) is 3.39. The van der Waals surface area contributed by atoms with Crippen LogP contribution in [0, 0.1) is 18.8 Å². The molecule has 0 aliphatic carbocycles. The van der Waals surface area contributed by atoms with Crippen molar-refractivity contribution in [3.63, 3.8) is 0 Å². The molecule has 0 fully saturated rings. The summed E-state index contributed by atoms with van der Waals surface area (Å²) in [6.45, 7) is 2.34. The number of aryl methyl sites for hydroxylation is 1. The van der Waals surface area contributed by atoms with Crippen molar-refractivity contribution in [2.24, 2.45) is 0 Å². The standard InChI is InChI=1S/C19H15NOS/c1-14-16-11-5-6-12-17(16)22-18(14)19(21)20-13-7-10-15-8-3-2-4-9-15/h2-6,8-9,11-12H,13H2,1H3,(H,20,21). The lowest BCUT2D eigenvalue weighted by Crippen LogP contribution is -2.23. The van der Waals surface area contributed by atoms with E-state index in [4.69, 9.17) is 0 Å². The first kappa shape index (κ1) is 14.4. The van der Waals surface area contributed by atoms with Gasteiger partial charge in [-0.2, -0.15) is 0 Å². The molecule has 1 N–H and O–H groups in total. The lowest BCUT2D eigenvalue weighted by molar-refractivity contribution is 0.0962. The van der Waals surface area contributed by atoms with E-state index in [1.165, 1.54) is 11.3 Å². The van der Waals surface area contributed by atoms with E-state index in [9.17, 15) is 4.79 Å². The van der Waals surface area contributed by atoms with E-state index < -0.39 is 0 Å². The Morgan fingerprint density at radius 3 is 2.59 bits per heavy atom. The van der Waals surface area contributed by atoms with Crippen LogP contribution >= 0.6 is 11.3 Å². The number of nitrogens with one attached hydrogen (secondary N) is 1. The van der Waals surface area contributed by atoms with Gasteiger partial charge in [-0.05, 0) is 36.1 Å². The topological polar surface area (TPSA) is 29.1 Å². The highest BCUT2D eigenvalue weighted by atomic mass is 32.1. The Kier molecular flexibility index (Phi) is 4.22. The van der Waals surface area contributed by atoms with Gasteiger partial charge in [0, 0.05) is 10.3 Å². The van der Waals surface area contributed by atoms with E-state index >= 15 is 0 Å². The zero-order chi connectivity index (χ0) is 15.4. The molecule has 1 amide bonds. The minimum absolute atomic E-state index is 0.0546. The molecule has 0 saturated heterocycles. The van der Waals surface area contributed by atoms with Gasteiger partial charge >= 0.3 is 0 Å². The molecule has 0 saturated carbocycles. The van der Waals surface area contributed by atoms with Crippen molar-refractivity contribution < 1.29 is 4.79 Å². The summed E-state index contributed by atoms with van der Waals surface area (Å²) in [5.74, 6) is 5.96. The van der Waals surface area contributed by atoms with Crippen LogP contribution in [0.1, 0.15) is 20.8 Å². The summed E-state index contributed by atoms with van der Waals surface area (Å²) >= 11 is 1.53. The molecule has 0 unspecified atom stereocenters. The maximum atomic E-state index is 12.3. The Hall–Kier alpha value is -2.57. The largest absolute Gasteiger partial charge is 0.340 e. The van der Waals surface area contributed by atoms with E-state index in [1.54, 1.807) is 0 Å². The second-order valence-electron chi connectivity index (χ2n) is 4.90. The zero-order valence-electron chi connectivity index (χ0n) is 12.2. The van der Waals surface area contributed by atoms with E-state index in [2.05, 4.69) is 17.2 Å². The fraction of sp³-hybridized carbons (Fsp3) is 0.105. The average Bonchev–Trinajstić information content (AvgIpc) is 2.90. The molecule has 2 nitrogen and oxygen atoms in total. The summed E-state index contributed by atoms with van der Waals surface area (Å²) in [4.78, 5) is 13.0. The predicted molar refractivity (Wildman–Crippen MR) is 92.2 cm³/mol. The van der Waals surface area contributed by atoms with Crippen molar-refractivity contribution in [2.75, 3.05) is 6.54 Å². The highest BCUT2D eigenvalue weighted by molar-refractivity contribution is 7.21. The second kappa shape index (κ2) is 6.46. The third kappa shape index (κ3) is 3.03. The third-order valence-corrected chi connectivity index (χ3v) is 4.67. The molecule has 0 spiro atoms. The van der Waals surface area contributed by atoms with Crippen LogP contribution in [-0.2, 0) is 0 Å². The van der Waals surface area contributed by atoms with Gasteiger partial charge in [0.1, 0.15) is 0 Å². The maximum absolute atomic E-state index is 12.3. The number of benzene rings is 2. The van der Waals surface area contributed by atoms with Crippen LogP contribution in [0.25, 0.3) is 10.1 Å². The van der Waals surface area contributed by atoms with Gasteiger partial charge in [0.2, 0.25) is 0 Å². The lowest BCUT2D eigenvalue weighted by Gasteiger charge is -1.99. The summed E-state index contributed by atoms with van der Waals surface area (Å²) in [5.41, 5.74) is 1.99. The van der Waals surface area contributed by atoms with Gasteiger partial charge in [-0.15, -0.1) is 11.3 Å². The first-order valence-corrected chi connectivity index (χ1v) is 7.87. The van der Waals surface area contributed by atoms with Gasteiger partial charge in [-0.3, -0.25) is 4.79 Å². The van der Waals surface area contributed by atoms with Gasteiger partial charge in [0.25, 0.3) is 5.91 Å². The fourth-order valence-electron chi connectivity index (χ4n) is 2.26. The van der Waals surface area contributed by atoms with Gasteiger partial charge in [-0.25, -0.2) is 0 Å². The molecule has 3 rings (SSSR count). The van der Waals surface area contributed by atoms with E-state index in [0.717, 1.165) is 26.1 Å². The molecule has 1 aromatic heterocycles. The molecule has 0 aliphatic heterocycles. The fourth-order valence-corrected chi connectivity index (χ4v) is 3.39. The minimum atomic E-state index is -0.0546. The van der Waals surface area contributed by atoms with Crippen molar-refractivity contribution in [2.45, 2.75) is 6.92 Å². The first-order chi connectivity index (χ1) is 10.8. The maximum Gasteiger partial charge on any atom is 0.262 e. The number of carbonyl (C=O) groups excluding carboxylic acids is 1. The predicted octanol–water partition coefficient (Wildman–Crippen LogP) is 3.99. The second-order valence-corrected chi connectivity index (χ2v) is 5.96. The average molecular weight is 305 g/mol. The summed E-state index contributed by atoms with van der Waals surface area (Å²) in [6, 6.07) is 17.8. The van der Waals surface area contributed by atoms with Crippen LogP contribution in [0.3, 0.4) is 0 Å². The number of thiophene rings is 1. The van der Waals surface area contributed by atoms with E-state index in [1.807, 2.05) is 61.5 Å². The molecule has 0 bridgehead atoms. The zero-order valence-corrected chi connectivity index (χ0v) is 13.0. The molecule has 108 valence electrons. The smallest absolute Gasteiger partial charge is 0.262 e. The van der Waals surface area contributed by atoms with Crippen molar-refractivity contribution in [3.05, 3.63) is 70.6 Å². The molecule has 3 aromatic rings. The lowest BCUT2D eigenvalue weighted by atomic mass is 10.1. The van der Waals surface area contributed by atoms with E-state index in [0.29, 0.717) is 6.54 Å². The normalized spacial score (nSPS) is 10.0. The molecule has 22 heavy (non-hydrogen) atoms. The molecule has 2 aromatic carbocycles. The number of amides is 1. The number of rotatable bonds is 2. The molecule has 0 radical (unpaired) electrons. The highest BCUT2D eigenvalue weighted by Crippen LogP contribution is 2.30. The molecular weight excluding hydrogens is 290 g/mol. The van der Waals surface area contributed by atoms with E-state index in [-0.39, 0.29) is 5.91 Å². The van der Waals surface area contributed by atoms with Crippen molar-refractivity contribution >= 4 is 27.3 Å². The summed E-state index contributed by atoms with van der Waals surface area (Å²) in [7, 11) is 0. The number of fused-ring (bicyclic) bond motifs is 1. The van der Waals surface area contributed by atoms with Gasteiger partial charge in [0.05, 0.1) is 11.4 Å². The molecular formula is C19H15NOS. The summed E-state index contributed by atoms with van der Waals surface area (Å²) in [6.07, 6.45) is 0. The van der Waals surface area contributed by atoms with Crippen LogP contribution in [0.5, 0.6) is 0 Å². The highest BCUT2D eigenvalue weighted by Gasteiger charge is 2.14.